The van der Waals surface area contributed by atoms with Crippen LogP contribution in [0.25, 0.3) is 0 Å². The Morgan fingerprint density at radius 2 is 1.86 bits per heavy atom. The zero-order valence-corrected chi connectivity index (χ0v) is 17.5. The van der Waals surface area contributed by atoms with Gasteiger partial charge < -0.3 is 0 Å². The monoisotopic (exact) mass is 452 g/mol. The summed E-state index contributed by atoms with van der Waals surface area (Å²) in [6.07, 6.45) is 1.45. The van der Waals surface area contributed by atoms with Gasteiger partial charge in [0.2, 0.25) is 0 Å². The van der Waals surface area contributed by atoms with E-state index in [0.29, 0.717) is 15.7 Å². The molecular formula is C18H14ClFN4OS3. The minimum Gasteiger partial charge on any atom is -0.272 e. The van der Waals surface area contributed by atoms with Crippen LogP contribution in [0.1, 0.15) is 11.1 Å². The lowest BCUT2D eigenvalue weighted by molar-refractivity contribution is -0.118. The van der Waals surface area contributed by atoms with Gasteiger partial charge in [-0.3, -0.25) is 4.79 Å². The third-order valence-electron chi connectivity index (χ3n) is 3.30. The third kappa shape index (κ3) is 6.59. The van der Waals surface area contributed by atoms with Crippen LogP contribution >= 0.6 is 46.5 Å². The molecule has 0 saturated heterocycles. The average molecular weight is 453 g/mol. The number of benzene rings is 2. The highest BCUT2D eigenvalue weighted by Crippen LogP contribution is 2.32. The molecule has 3 rings (SSSR count). The van der Waals surface area contributed by atoms with Crippen molar-refractivity contribution in [1.29, 1.82) is 0 Å². The first kappa shape index (κ1) is 20.8. The lowest BCUT2D eigenvalue weighted by atomic mass is 10.2. The second-order valence-corrected chi connectivity index (χ2v) is 9.18. The first-order valence-electron chi connectivity index (χ1n) is 8.00. The zero-order chi connectivity index (χ0) is 19.8. The first-order chi connectivity index (χ1) is 13.6. The molecule has 0 spiro atoms. The van der Waals surface area contributed by atoms with Gasteiger partial charge in [0.25, 0.3) is 5.91 Å². The Kier molecular flexibility index (Phi) is 7.84. The van der Waals surface area contributed by atoms with Gasteiger partial charge in [-0.15, -0.1) is 10.2 Å². The number of hydrogen-bond donors (Lipinski definition) is 1. The maximum Gasteiger partial charge on any atom is 0.250 e. The topological polar surface area (TPSA) is 67.2 Å². The van der Waals surface area contributed by atoms with Gasteiger partial charge >= 0.3 is 0 Å². The van der Waals surface area contributed by atoms with Crippen LogP contribution in [0.5, 0.6) is 0 Å². The standard InChI is InChI=1S/C18H14ClFN4OS3/c19-15-4-2-1-3-13(15)10-26-17-23-24-18(28-17)27-11-16(25)22-21-9-12-5-7-14(20)8-6-12/h1-9H,10-11H2,(H,22,25). The van der Waals surface area contributed by atoms with Crippen molar-refractivity contribution in [3.05, 3.63) is 70.5 Å². The quantitative estimate of drug-likeness (QED) is 0.300. The molecule has 144 valence electrons. The van der Waals surface area contributed by atoms with Crippen LogP contribution in [0.2, 0.25) is 5.02 Å². The Bertz CT molecular complexity index is 965. The average Bonchev–Trinajstić information content (AvgIpc) is 3.15. The highest BCUT2D eigenvalue weighted by Gasteiger charge is 2.09. The number of amides is 1. The molecule has 2 aromatic carbocycles. The number of rotatable bonds is 8. The number of nitrogens with one attached hydrogen (secondary N) is 1. The van der Waals surface area contributed by atoms with E-state index < -0.39 is 0 Å². The summed E-state index contributed by atoms with van der Waals surface area (Å²) < 4.78 is 14.3. The van der Waals surface area contributed by atoms with Crippen LogP contribution in [0.4, 0.5) is 4.39 Å². The molecule has 0 radical (unpaired) electrons. The van der Waals surface area contributed by atoms with Gasteiger partial charge in [0.05, 0.1) is 12.0 Å². The van der Waals surface area contributed by atoms with Gasteiger partial charge in [-0.1, -0.05) is 76.8 Å². The molecule has 0 atom stereocenters. The molecule has 0 aliphatic rings. The number of aromatic nitrogens is 2. The fourth-order valence-electron chi connectivity index (χ4n) is 1.96. The predicted molar refractivity (Wildman–Crippen MR) is 114 cm³/mol. The molecule has 0 fully saturated rings. The Morgan fingerprint density at radius 3 is 2.61 bits per heavy atom. The van der Waals surface area contributed by atoms with Crippen molar-refractivity contribution in [2.45, 2.75) is 14.4 Å². The molecule has 3 aromatic rings. The number of thioether (sulfide) groups is 2. The number of carbonyl (C=O) groups excluding carboxylic acids is 1. The van der Waals surface area contributed by atoms with E-state index in [9.17, 15) is 9.18 Å². The van der Waals surface area contributed by atoms with E-state index in [1.165, 1.54) is 41.4 Å². The van der Waals surface area contributed by atoms with Crippen LogP contribution in [-0.2, 0) is 10.5 Å². The minimum atomic E-state index is -0.320. The molecule has 0 saturated carbocycles. The number of halogens is 2. The number of hydrazone groups is 1. The summed E-state index contributed by atoms with van der Waals surface area (Å²) in [5.74, 6) is 0.296. The van der Waals surface area contributed by atoms with Crippen LogP contribution in [0.3, 0.4) is 0 Å². The molecule has 0 bridgehead atoms. The summed E-state index contributed by atoms with van der Waals surface area (Å²) in [6, 6.07) is 13.5. The fourth-order valence-corrected chi connectivity index (χ4v) is 5.05. The third-order valence-corrected chi connectivity index (χ3v) is 6.90. The molecule has 1 amide bonds. The van der Waals surface area contributed by atoms with E-state index in [4.69, 9.17) is 11.6 Å². The Labute approximate surface area is 178 Å². The van der Waals surface area contributed by atoms with Crippen LogP contribution in [0.15, 0.2) is 62.3 Å². The SMILES string of the molecule is O=C(CSc1nnc(SCc2ccccc2Cl)s1)NN=Cc1ccc(F)cc1. The van der Waals surface area contributed by atoms with E-state index in [1.807, 2.05) is 24.3 Å². The Morgan fingerprint density at radius 1 is 1.14 bits per heavy atom. The number of carbonyl (C=O) groups is 1. The minimum absolute atomic E-state index is 0.171. The largest absolute Gasteiger partial charge is 0.272 e. The highest BCUT2D eigenvalue weighted by atomic mass is 35.5. The van der Waals surface area contributed by atoms with E-state index >= 15 is 0 Å². The fraction of sp³-hybridized carbons (Fsp3) is 0.111. The van der Waals surface area contributed by atoms with Crippen LogP contribution in [-0.4, -0.2) is 28.1 Å². The lowest BCUT2D eigenvalue weighted by Gasteiger charge is -2.00. The van der Waals surface area contributed by atoms with Gasteiger partial charge in [0.1, 0.15) is 5.82 Å². The molecule has 5 nitrogen and oxygen atoms in total. The van der Waals surface area contributed by atoms with Gasteiger partial charge in [0.15, 0.2) is 8.68 Å². The van der Waals surface area contributed by atoms with Gasteiger partial charge in [-0.2, -0.15) is 5.10 Å². The second-order valence-electron chi connectivity index (χ2n) is 5.35. The highest BCUT2D eigenvalue weighted by molar-refractivity contribution is 8.03. The van der Waals surface area contributed by atoms with Crippen molar-refractivity contribution in [2.24, 2.45) is 5.10 Å². The van der Waals surface area contributed by atoms with Crippen molar-refractivity contribution in [2.75, 3.05) is 5.75 Å². The van der Waals surface area contributed by atoms with Gasteiger partial charge in [-0.05, 0) is 29.3 Å². The molecule has 28 heavy (non-hydrogen) atoms. The van der Waals surface area contributed by atoms with Crippen molar-refractivity contribution in [3.8, 4) is 0 Å². The second kappa shape index (κ2) is 10.6. The van der Waals surface area contributed by atoms with Crippen molar-refractivity contribution >= 4 is 58.6 Å². The molecule has 0 aliphatic heterocycles. The zero-order valence-electron chi connectivity index (χ0n) is 14.3. The summed E-state index contributed by atoms with van der Waals surface area (Å²) in [7, 11) is 0. The number of hydrogen-bond acceptors (Lipinski definition) is 7. The van der Waals surface area contributed by atoms with E-state index in [2.05, 4.69) is 20.7 Å². The number of nitrogens with zero attached hydrogens (tertiary/aromatic N) is 3. The Balaban J connectivity index is 1.41. The summed E-state index contributed by atoms with van der Waals surface area (Å²) in [5, 5.41) is 12.8. The van der Waals surface area contributed by atoms with Crippen LogP contribution in [0, 0.1) is 5.82 Å². The van der Waals surface area contributed by atoms with Crippen molar-refractivity contribution in [3.63, 3.8) is 0 Å². The molecule has 0 aliphatic carbocycles. The maximum atomic E-state index is 12.8. The van der Waals surface area contributed by atoms with Gasteiger partial charge in [-0.25, -0.2) is 9.82 Å². The van der Waals surface area contributed by atoms with Crippen molar-refractivity contribution in [1.82, 2.24) is 15.6 Å². The molecule has 1 heterocycles. The molecule has 1 N–H and O–H groups in total. The van der Waals surface area contributed by atoms with E-state index in [1.54, 1.807) is 23.9 Å². The predicted octanol–water partition coefficient (Wildman–Crippen LogP) is 4.87. The van der Waals surface area contributed by atoms with E-state index in [0.717, 1.165) is 14.9 Å². The Hall–Kier alpha value is -1.94. The summed E-state index contributed by atoms with van der Waals surface area (Å²) in [6.45, 7) is 0. The molecule has 1 aromatic heterocycles. The lowest BCUT2D eigenvalue weighted by Crippen LogP contribution is -2.19. The molecular weight excluding hydrogens is 439 g/mol. The smallest absolute Gasteiger partial charge is 0.250 e. The molecule has 0 unspecified atom stereocenters. The summed E-state index contributed by atoms with van der Waals surface area (Å²) in [5.41, 5.74) is 4.16. The van der Waals surface area contributed by atoms with E-state index in [-0.39, 0.29) is 17.5 Å². The normalized spacial score (nSPS) is 11.1. The first-order valence-corrected chi connectivity index (χ1v) is 11.2. The summed E-state index contributed by atoms with van der Waals surface area (Å²) in [4.78, 5) is 11.8. The van der Waals surface area contributed by atoms with Crippen molar-refractivity contribution < 1.29 is 9.18 Å². The van der Waals surface area contributed by atoms with Crippen LogP contribution < -0.4 is 5.43 Å². The summed E-state index contributed by atoms with van der Waals surface area (Å²) >= 11 is 10.4. The van der Waals surface area contributed by atoms with Gasteiger partial charge in [0, 0.05) is 10.8 Å². The molecule has 10 heteroatoms. The maximum absolute atomic E-state index is 12.8.